The van der Waals surface area contributed by atoms with E-state index >= 15 is 0 Å². The molecule has 9 heteroatoms. The monoisotopic (exact) mass is 477 g/mol. The van der Waals surface area contributed by atoms with E-state index in [4.69, 9.17) is 4.74 Å². The van der Waals surface area contributed by atoms with Crippen molar-refractivity contribution < 1.29 is 20.1 Å². The third kappa shape index (κ3) is 4.69. The van der Waals surface area contributed by atoms with Gasteiger partial charge in [0.15, 0.2) is 6.23 Å². The maximum Gasteiger partial charge on any atom is 0.164 e. The molecule has 3 aromatic rings. The number of aliphatic imine (C=N–C) groups is 1. The smallest absolute Gasteiger partial charge is 0.164 e. The Labute approximate surface area is 204 Å². The summed E-state index contributed by atoms with van der Waals surface area (Å²) in [6, 6.07) is 18.3. The second-order valence-corrected chi connectivity index (χ2v) is 9.27. The van der Waals surface area contributed by atoms with Crippen LogP contribution >= 0.6 is 0 Å². The minimum Gasteiger partial charge on any atom is -0.394 e. The molecule has 4 atom stereocenters. The Morgan fingerprint density at radius 3 is 2.46 bits per heavy atom. The number of hydrogen-bond donors (Lipinski definition) is 4. The van der Waals surface area contributed by atoms with Crippen LogP contribution in [0.3, 0.4) is 0 Å². The molecular formula is C26H31N5O4. The van der Waals surface area contributed by atoms with Crippen molar-refractivity contribution in [3.05, 3.63) is 71.9 Å². The third-order valence-corrected chi connectivity index (χ3v) is 6.36. The Kier molecular flexibility index (Phi) is 6.59. The van der Waals surface area contributed by atoms with Gasteiger partial charge in [-0.15, -0.1) is 0 Å². The maximum atomic E-state index is 10.6. The van der Waals surface area contributed by atoms with E-state index in [2.05, 4.69) is 27.5 Å². The van der Waals surface area contributed by atoms with E-state index in [1.165, 1.54) is 5.56 Å². The van der Waals surface area contributed by atoms with Gasteiger partial charge in [-0.1, -0.05) is 42.5 Å². The van der Waals surface area contributed by atoms with E-state index in [1.807, 2.05) is 67.8 Å². The fourth-order valence-corrected chi connectivity index (χ4v) is 4.64. The van der Waals surface area contributed by atoms with Crippen molar-refractivity contribution in [3.8, 4) is 11.1 Å². The first-order chi connectivity index (χ1) is 16.9. The summed E-state index contributed by atoms with van der Waals surface area (Å²) < 4.78 is 7.56. The predicted molar refractivity (Wildman–Crippen MR) is 134 cm³/mol. The van der Waals surface area contributed by atoms with Gasteiger partial charge >= 0.3 is 0 Å². The molecule has 0 spiro atoms. The number of aliphatic hydroxyl groups is 3. The third-order valence-electron chi connectivity index (χ3n) is 6.36. The van der Waals surface area contributed by atoms with E-state index in [9.17, 15) is 15.3 Å². The zero-order valence-electron chi connectivity index (χ0n) is 19.8. The zero-order chi connectivity index (χ0) is 24.5. The lowest BCUT2D eigenvalue weighted by molar-refractivity contribution is -0.0518. The van der Waals surface area contributed by atoms with Crippen LogP contribution in [0, 0.1) is 0 Å². The predicted octanol–water partition coefficient (Wildman–Crippen LogP) is 2.33. The lowest BCUT2D eigenvalue weighted by Gasteiger charge is -2.26. The highest BCUT2D eigenvalue weighted by Crippen LogP contribution is 2.41. The van der Waals surface area contributed by atoms with Gasteiger partial charge in [0.2, 0.25) is 0 Å². The number of benzene rings is 2. The van der Waals surface area contributed by atoms with Crippen LogP contribution in [0.4, 0.5) is 11.5 Å². The molecule has 3 heterocycles. The Morgan fingerprint density at radius 1 is 1.06 bits per heavy atom. The first kappa shape index (κ1) is 23.5. The van der Waals surface area contributed by atoms with Gasteiger partial charge < -0.3 is 29.5 Å². The highest BCUT2D eigenvalue weighted by atomic mass is 16.6. The van der Waals surface area contributed by atoms with Gasteiger partial charge in [-0.25, -0.2) is 4.99 Å². The van der Waals surface area contributed by atoms with Gasteiger partial charge in [-0.2, -0.15) is 0 Å². The van der Waals surface area contributed by atoms with Gasteiger partial charge in [0.05, 0.1) is 18.8 Å². The molecule has 184 valence electrons. The van der Waals surface area contributed by atoms with Crippen molar-refractivity contribution in [2.75, 3.05) is 26.1 Å². The average Bonchev–Trinajstić information content (AvgIpc) is 3.37. The number of aliphatic hydroxyl groups excluding tert-OH is 3. The molecule has 0 amide bonds. The summed E-state index contributed by atoms with van der Waals surface area (Å²) in [5, 5.41) is 32.4. The summed E-state index contributed by atoms with van der Waals surface area (Å²) in [5.74, 6) is 0.651. The molecule has 1 aromatic heterocycles. The van der Waals surface area contributed by atoms with E-state index in [0.29, 0.717) is 12.4 Å². The van der Waals surface area contributed by atoms with Crippen LogP contribution in [0.25, 0.3) is 11.1 Å². The molecule has 0 unspecified atom stereocenters. The number of hydrogen-bond acceptors (Lipinski definition) is 8. The molecule has 0 saturated carbocycles. The number of nitrogens with zero attached hydrogens (tertiary/aromatic N) is 4. The molecule has 2 aliphatic heterocycles. The first-order valence-corrected chi connectivity index (χ1v) is 11.7. The maximum absolute atomic E-state index is 10.6. The van der Waals surface area contributed by atoms with Crippen LogP contribution in [0.15, 0.2) is 65.8 Å². The molecule has 2 aromatic carbocycles. The average molecular weight is 478 g/mol. The highest BCUT2D eigenvalue weighted by molar-refractivity contribution is 5.77. The topological polar surface area (TPSA) is 106 Å². The summed E-state index contributed by atoms with van der Waals surface area (Å²) in [7, 11) is 4.09. The normalized spacial score (nSPS) is 23.7. The summed E-state index contributed by atoms with van der Waals surface area (Å²) in [5.41, 5.74) is 8.52. The molecule has 5 rings (SSSR count). The largest absolute Gasteiger partial charge is 0.394 e. The van der Waals surface area contributed by atoms with Crippen molar-refractivity contribution in [2.45, 2.75) is 37.6 Å². The van der Waals surface area contributed by atoms with Crippen molar-refractivity contribution in [2.24, 2.45) is 4.99 Å². The molecule has 35 heavy (non-hydrogen) atoms. The number of ether oxygens (including phenoxy) is 1. The zero-order valence-corrected chi connectivity index (χ0v) is 19.8. The van der Waals surface area contributed by atoms with Crippen molar-refractivity contribution in [3.63, 3.8) is 0 Å². The van der Waals surface area contributed by atoms with Gasteiger partial charge in [-0.05, 0) is 37.4 Å². The van der Waals surface area contributed by atoms with Gasteiger partial charge in [-0.3, -0.25) is 10.4 Å². The number of anilines is 1. The number of aromatic nitrogens is 1. The summed E-state index contributed by atoms with van der Waals surface area (Å²) in [6.07, 6.45) is -0.452. The Bertz CT molecular complexity index is 1180. The molecule has 4 N–H and O–H groups in total. The van der Waals surface area contributed by atoms with E-state index in [1.54, 1.807) is 10.9 Å². The summed E-state index contributed by atoms with van der Waals surface area (Å²) in [6.45, 7) is 1.03. The van der Waals surface area contributed by atoms with E-state index in [-0.39, 0.29) is 6.61 Å². The molecule has 9 nitrogen and oxygen atoms in total. The quantitative estimate of drug-likeness (QED) is 0.414. The molecule has 2 aliphatic rings. The standard InChI is InChI=1S/C26H31N5O4/c1-29(2)12-17-8-10-19(11-9-17)28-30-13-21-20(18-6-4-3-5-7-18)14-31(25(21)27-16-30)26-24(34)23(33)22(15-32)35-26/h3-11,14,16,22-24,26,28,32-34H,12-13,15H2,1-2H3/t22-,23+,24+,26-/m1/s1. The Balaban J connectivity index is 1.44. The van der Waals surface area contributed by atoms with Crippen molar-refractivity contribution in [1.29, 1.82) is 0 Å². The molecule has 0 radical (unpaired) electrons. The van der Waals surface area contributed by atoms with Crippen LogP contribution in [0.1, 0.15) is 17.4 Å². The van der Waals surface area contributed by atoms with Gasteiger partial charge in [0.1, 0.15) is 30.5 Å². The minimum absolute atomic E-state index is 0.377. The van der Waals surface area contributed by atoms with Crippen LogP contribution < -0.4 is 5.43 Å². The van der Waals surface area contributed by atoms with E-state index < -0.39 is 24.5 Å². The molecule has 1 saturated heterocycles. The molecule has 1 fully saturated rings. The van der Waals surface area contributed by atoms with Crippen molar-refractivity contribution >= 4 is 17.8 Å². The second kappa shape index (κ2) is 9.80. The molecule has 0 bridgehead atoms. The van der Waals surface area contributed by atoms with Gasteiger partial charge in [0.25, 0.3) is 0 Å². The first-order valence-electron chi connectivity index (χ1n) is 11.7. The lowest BCUT2D eigenvalue weighted by Crippen LogP contribution is -2.33. The second-order valence-electron chi connectivity index (χ2n) is 9.27. The van der Waals surface area contributed by atoms with Crippen LogP contribution in [-0.4, -0.2) is 75.1 Å². The van der Waals surface area contributed by atoms with Crippen LogP contribution in [-0.2, 0) is 17.8 Å². The number of hydrazine groups is 1. The SMILES string of the molecule is CN(C)Cc1ccc(NN2C=Nc3c(c(-c4ccccc4)cn3[C@@H]3O[C@H](CO)[C@H](O)[C@@H]3O)C2)cc1. The lowest BCUT2D eigenvalue weighted by atomic mass is 10.0. The van der Waals surface area contributed by atoms with Crippen molar-refractivity contribution in [1.82, 2.24) is 14.5 Å². The fourth-order valence-electron chi connectivity index (χ4n) is 4.64. The van der Waals surface area contributed by atoms with Gasteiger partial charge in [0, 0.05) is 23.9 Å². The minimum atomic E-state index is -1.18. The highest BCUT2D eigenvalue weighted by Gasteiger charge is 2.44. The number of fused-ring (bicyclic) bond motifs is 1. The number of rotatable bonds is 7. The fraction of sp³-hybridized carbons (Fsp3) is 0.346. The Hall–Kier alpha value is -3.21. The van der Waals surface area contributed by atoms with E-state index in [0.717, 1.165) is 28.9 Å². The summed E-state index contributed by atoms with van der Waals surface area (Å²) >= 11 is 0. The Morgan fingerprint density at radius 2 is 1.80 bits per heavy atom. The number of nitrogens with one attached hydrogen (secondary N) is 1. The molecular weight excluding hydrogens is 446 g/mol. The molecule has 0 aliphatic carbocycles. The van der Waals surface area contributed by atoms with Crippen LogP contribution in [0.2, 0.25) is 0 Å². The summed E-state index contributed by atoms with van der Waals surface area (Å²) in [4.78, 5) is 6.82. The van der Waals surface area contributed by atoms with Crippen LogP contribution in [0.5, 0.6) is 0 Å².